The second kappa shape index (κ2) is 9.14. The number of carboxylic acid groups (broad SMARTS) is 1. The second-order valence-corrected chi connectivity index (χ2v) is 5.90. The van der Waals surface area contributed by atoms with Crippen LogP contribution in [0.1, 0.15) is 21.5 Å². The van der Waals surface area contributed by atoms with Crippen LogP contribution in [0.15, 0.2) is 84.8 Å². The predicted octanol–water partition coefficient (Wildman–Crippen LogP) is 3.52. The average molecular weight is 374 g/mol. The van der Waals surface area contributed by atoms with Gasteiger partial charge in [0.25, 0.3) is 5.91 Å². The first-order valence-electron chi connectivity index (χ1n) is 8.55. The maximum Gasteiger partial charge on any atom is 0.352 e. The van der Waals surface area contributed by atoms with Gasteiger partial charge in [-0.1, -0.05) is 36.4 Å². The van der Waals surface area contributed by atoms with Crippen molar-refractivity contribution < 1.29 is 19.4 Å². The summed E-state index contributed by atoms with van der Waals surface area (Å²) in [6.45, 7) is 0.385. The van der Waals surface area contributed by atoms with Crippen molar-refractivity contribution in [1.29, 1.82) is 0 Å². The maximum atomic E-state index is 12.2. The maximum absolute atomic E-state index is 12.2. The zero-order valence-corrected chi connectivity index (χ0v) is 14.9. The number of hydrogen-bond acceptors (Lipinski definition) is 4. The van der Waals surface area contributed by atoms with Crippen molar-refractivity contribution in [2.75, 3.05) is 0 Å². The van der Waals surface area contributed by atoms with E-state index < -0.39 is 11.9 Å². The molecule has 0 saturated carbocycles. The van der Waals surface area contributed by atoms with Crippen molar-refractivity contribution in [3.8, 4) is 5.75 Å². The highest BCUT2D eigenvalue weighted by molar-refractivity contribution is 6.02. The van der Waals surface area contributed by atoms with Crippen LogP contribution in [0, 0.1) is 0 Å². The molecule has 3 aromatic rings. The van der Waals surface area contributed by atoms with Gasteiger partial charge in [0.15, 0.2) is 0 Å². The second-order valence-electron chi connectivity index (χ2n) is 5.90. The number of hydrogen-bond donors (Lipinski definition) is 2. The monoisotopic (exact) mass is 374 g/mol. The number of amides is 1. The molecule has 28 heavy (non-hydrogen) atoms. The summed E-state index contributed by atoms with van der Waals surface area (Å²) in [4.78, 5) is 27.7. The van der Waals surface area contributed by atoms with Gasteiger partial charge >= 0.3 is 5.97 Å². The molecule has 0 aliphatic heterocycles. The van der Waals surface area contributed by atoms with Crippen LogP contribution in [0.4, 0.5) is 0 Å². The third-order valence-corrected chi connectivity index (χ3v) is 3.83. The minimum atomic E-state index is -1.22. The Balaban J connectivity index is 1.67. The van der Waals surface area contributed by atoms with Crippen LogP contribution in [0.2, 0.25) is 0 Å². The van der Waals surface area contributed by atoms with E-state index in [0.29, 0.717) is 23.5 Å². The zero-order valence-electron chi connectivity index (χ0n) is 14.9. The molecule has 0 unspecified atom stereocenters. The third-order valence-electron chi connectivity index (χ3n) is 3.83. The molecule has 0 fully saturated rings. The molecule has 0 aliphatic rings. The number of rotatable bonds is 7. The predicted molar refractivity (Wildman–Crippen MR) is 105 cm³/mol. The van der Waals surface area contributed by atoms with E-state index in [1.165, 1.54) is 6.08 Å². The van der Waals surface area contributed by atoms with Crippen LogP contribution >= 0.6 is 0 Å². The largest absolute Gasteiger partial charge is 0.489 e. The fourth-order valence-electron chi connectivity index (χ4n) is 2.41. The lowest BCUT2D eigenvalue weighted by atomic mass is 10.1. The number of nitrogens with one attached hydrogen (secondary N) is 1. The number of pyridine rings is 1. The summed E-state index contributed by atoms with van der Waals surface area (Å²) in [5.74, 6) is -1.06. The molecule has 1 heterocycles. The molecule has 0 radical (unpaired) electrons. The van der Waals surface area contributed by atoms with Gasteiger partial charge in [-0.2, -0.15) is 0 Å². The van der Waals surface area contributed by atoms with Gasteiger partial charge in [0.05, 0.1) is 0 Å². The molecule has 6 heteroatoms. The molecule has 3 rings (SSSR count). The van der Waals surface area contributed by atoms with Gasteiger partial charge in [0, 0.05) is 23.5 Å². The van der Waals surface area contributed by atoms with Gasteiger partial charge in [-0.15, -0.1) is 0 Å². The Kier molecular flexibility index (Phi) is 6.15. The molecule has 1 amide bonds. The summed E-state index contributed by atoms with van der Waals surface area (Å²) < 4.78 is 5.68. The summed E-state index contributed by atoms with van der Waals surface area (Å²) >= 11 is 0. The van der Waals surface area contributed by atoms with Crippen molar-refractivity contribution in [2.24, 2.45) is 0 Å². The molecule has 0 atom stereocenters. The molecule has 0 aliphatic carbocycles. The highest BCUT2D eigenvalue weighted by Crippen LogP contribution is 2.16. The van der Waals surface area contributed by atoms with Gasteiger partial charge in [0.1, 0.15) is 18.1 Å². The van der Waals surface area contributed by atoms with Crippen molar-refractivity contribution in [3.63, 3.8) is 0 Å². The highest BCUT2D eigenvalue weighted by atomic mass is 16.5. The van der Waals surface area contributed by atoms with Crippen LogP contribution in [0.25, 0.3) is 6.08 Å². The lowest BCUT2D eigenvalue weighted by Crippen LogP contribution is -2.27. The normalized spacial score (nSPS) is 10.9. The van der Waals surface area contributed by atoms with Crippen LogP contribution < -0.4 is 10.1 Å². The van der Waals surface area contributed by atoms with Gasteiger partial charge in [-0.05, 0) is 42.0 Å². The molecule has 2 aromatic carbocycles. The minimum Gasteiger partial charge on any atom is -0.489 e. The van der Waals surface area contributed by atoms with E-state index in [1.807, 2.05) is 12.1 Å². The molecule has 0 saturated heterocycles. The van der Waals surface area contributed by atoms with Gasteiger partial charge < -0.3 is 15.2 Å². The molecular weight excluding hydrogens is 356 g/mol. The average Bonchev–Trinajstić information content (AvgIpc) is 2.74. The quantitative estimate of drug-likeness (QED) is 0.618. The summed E-state index contributed by atoms with van der Waals surface area (Å²) in [6.07, 6.45) is 4.82. The molecule has 0 bridgehead atoms. The van der Waals surface area contributed by atoms with Gasteiger partial charge in [-0.3, -0.25) is 9.78 Å². The van der Waals surface area contributed by atoms with Crippen LogP contribution in [0.5, 0.6) is 5.75 Å². The third kappa shape index (κ3) is 5.28. The van der Waals surface area contributed by atoms with Crippen molar-refractivity contribution in [2.45, 2.75) is 6.61 Å². The molecular formula is C22H18N2O4. The van der Waals surface area contributed by atoms with Crippen LogP contribution in [-0.2, 0) is 11.4 Å². The number of carbonyl (C=O) groups excluding carboxylic acids is 1. The molecule has 2 N–H and O–H groups in total. The summed E-state index contributed by atoms with van der Waals surface area (Å²) in [5.41, 5.74) is 1.74. The topological polar surface area (TPSA) is 88.5 Å². The Morgan fingerprint density at radius 1 is 1.00 bits per heavy atom. The molecule has 0 spiro atoms. The molecule has 140 valence electrons. The zero-order chi connectivity index (χ0) is 19.8. The van der Waals surface area contributed by atoms with Crippen LogP contribution in [0.3, 0.4) is 0 Å². The summed E-state index contributed by atoms with van der Waals surface area (Å²) in [7, 11) is 0. The number of carbonyl (C=O) groups is 2. The number of aromatic nitrogens is 1. The number of nitrogens with zero attached hydrogens (tertiary/aromatic N) is 1. The first kappa shape index (κ1) is 18.8. The Morgan fingerprint density at radius 2 is 1.75 bits per heavy atom. The Bertz CT molecular complexity index is 968. The number of carboxylic acids is 1. The Morgan fingerprint density at radius 3 is 2.39 bits per heavy atom. The van der Waals surface area contributed by atoms with Gasteiger partial charge in [0.2, 0.25) is 0 Å². The van der Waals surface area contributed by atoms with Gasteiger partial charge in [-0.25, -0.2) is 4.79 Å². The standard InChI is InChI=1S/C22H18N2O4/c25-21(18-6-2-1-3-7-18)24-20(22(26)27)13-16-8-10-19(11-9-16)28-15-17-5-4-12-23-14-17/h1-14H,15H2,(H,24,25)(H,26,27). The lowest BCUT2D eigenvalue weighted by molar-refractivity contribution is -0.132. The van der Waals surface area contributed by atoms with E-state index in [-0.39, 0.29) is 5.70 Å². The fraction of sp³-hybridized carbons (Fsp3) is 0.0455. The highest BCUT2D eigenvalue weighted by Gasteiger charge is 2.13. The van der Waals surface area contributed by atoms with E-state index in [2.05, 4.69) is 10.3 Å². The molecule has 1 aromatic heterocycles. The molecule has 6 nitrogen and oxygen atoms in total. The summed E-state index contributed by atoms with van der Waals surface area (Å²) in [5, 5.41) is 11.8. The van der Waals surface area contributed by atoms with E-state index in [4.69, 9.17) is 4.74 Å². The SMILES string of the molecule is O=C(O)C(=Cc1ccc(OCc2cccnc2)cc1)NC(=O)c1ccccc1. The first-order chi connectivity index (χ1) is 13.6. The minimum absolute atomic E-state index is 0.210. The van der Waals surface area contributed by atoms with Crippen molar-refractivity contribution in [3.05, 3.63) is 102 Å². The van der Waals surface area contributed by atoms with Crippen LogP contribution in [-0.4, -0.2) is 22.0 Å². The van der Waals surface area contributed by atoms with E-state index in [9.17, 15) is 14.7 Å². The van der Waals surface area contributed by atoms with E-state index in [1.54, 1.807) is 67.0 Å². The van der Waals surface area contributed by atoms with Crippen molar-refractivity contribution >= 4 is 18.0 Å². The number of aliphatic carboxylic acids is 1. The van der Waals surface area contributed by atoms with E-state index >= 15 is 0 Å². The Labute approximate surface area is 162 Å². The van der Waals surface area contributed by atoms with E-state index in [0.717, 1.165) is 5.56 Å². The lowest BCUT2D eigenvalue weighted by Gasteiger charge is -2.08. The Hall–Kier alpha value is -3.93. The van der Waals surface area contributed by atoms with Crippen molar-refractivity contribution in [1.82, 2.24) is 10.3 Å². The number of benzene rings is 2. The fourth-order valence-corrected chi connectivity index (χ4v) is 2.41. The number of ether oxygens (including phenoxy) is 1. The first-order valence-corrected chi connectivity index (χ1v) is 8.55. The summed E-state index contributed by atoms with van der Waals surface area (Å²) in [6, 6.07) is 19.1. The smallest absolute Gasteiger partial charge is 0.352 e.